The van der Waals surface area contributed by atoms with E-state index in [-0.39, 0.29) is 6.04 Å². The topological polar surface area (TPSA) is 35.2 Å². The standard InChI is InChI=1S/C19H23NO/c1-14(20)6-7-15-8-10-18(11-9-15)21-13-17-12-16-4-2-3-5-19(16)17/h2-5,8-11,14,17H,6-7,12-13,20H2,1H3. The number of hydrogen-bond donors (Lipinski definition) is 1. The molecule has 2 nitrogen and oxygen atoms in total. The summed E-state index contributed by atoms with van der Waals surface area (Å²) in [5.41, 5.74) is 10.0. The largest absolute Gasteiger partial charge is 0.493 e. The molecule has 21 heavy (non-hydrogen) atoms. The quantitative estimate of drug-likeness (QED) is 0.876. The van der Waals surface area contributed by atoms with E-state index in [2.05, 4.69) is 48.5 Å². The molecule has 0 fully saturated rings. The Balaban J connectivity index is 1.50. The average molecular weight is 281 g/mol. The summed E-state index contributed by atoms with van der Waals surface area (Å²) in [7, 11) is 0. The van der Waals surface area contributed by atoms with E-state index in [1.165, 1.54) is 16.7 Å². The molecule has 0 heterocycles. The average Bonchev–Trinajstić information content (AvgIpc) is 2.47. The van der Waals surface area contributed by atoms with Gasteiger partial charge in [-0.05, 0) is 55.0 Å². The van der Waals surface area contributed by atoms with Gasteiger partial charge < -0.3 is 10.5 Å². The number of aryl methyl sites for hydroxylation is 1. The molecule has 2 atom stereocenters. The second kappa shape index (κ2) is 6.31. The van der Waals surface area contributed by atoms with Crippen molar-refractivity contribution in [3.8, 4) is 5.75 Å². The van der Waals surface area contributed by atoms with Crippen LogP contribution in [-0.4, -0.2) is 12.6 Å². The first-order chi connectivity index (χ1) is 10.2. The van der Waals surface area contributed by atoms with Crippen LogP contribution in [0.1, 0.15) is 36.0 Å². The molecular weight excluding hydrogens is 258 g/mol. The Bertz CT molecular complexity index is 589. The van der Waals surface area contributed by atoms with Gasteiger partial charge in [0.1, 0.15) is 5.75 Å². The van der Waals surface area contributed by atoms with Gasteiger partial charge in [0, 0.05) is 12.0 Å². The third-order valence-electron chi connectivity index (χ3n) is 4.22. The lowest BCUT2D eigenvalue weighted by atomic mass is 9.78. The number of nitrogens with two attached hydrogens (primary N) is 1. The molecule has 0 aliphatic heterocycles. The lowest BCUT2D eigenvalue weighted by Crippen LogP contribution is -2.23. The Morgan fingerprint density at radius 2 is 1.90 bits per heavy atom. The van der Waals surface area contributed by atoms with E-state index in [1.54, 1.807) is 0 Å². The molecule has 2 N–H and O–H groups in total. The van der Waals surface area contributed by atoms with Crippen molar-refractivity contribution in [2.24, 2.45) is 5.73 Å². The van der Waals surface area contributed by atoms with Crippen molar-refractivity contribution in [2.45, 2.75) is 38.1 Å². The zero-order valence-electron chi connectivity index (χ0n) is 12.6. The Labute approximate surface area is 126 Å². The van der Waals surface area contributed by atoms with Gasteiger partial charge in [-0.3, -0.25) is 0 Å². The first kappa shape index (κ1) is 14.2. The van der Waals surface area contributed by atoms with Crippen LogP contribution in [0.5, 0.6) is 5.75 Å². The summed E-state index contributed by atoms with van der Waals surface area (Å²) < 4.78 is 5.92. The number of fused-ring (bicyclic) bond motifs is 1. The summed E-state index contributed by atoms with van der Waals surface area (Å²) in [6, 6.07) is 17.3. The van der Waals surface area contributed by atoms with Crippen molar-refractivity contribution >= 4 is 0 Å². The van der Waals surface area contributed by atoms with E-state index in [4.69, 9.17) is 10.5 Å². The number of hydrogen-bond acceptors (Lipinski definition) is 2. The third kappa shape index (κ3) is 3.45. The predicted octanol–water partition coefficient (Wildman–Crippen LogP) is 3.69. The maximum absolute atomic E-state index is 5.92. The van der Waals surface area contributed by atoms with E-state index < -0.39 is 0 Å². The molecule has 2 aromatic rings. The first-order valence-corrected chi connectivity index (χ1v) is 7.77. The minimum absolute atomic E-state index is 0.264. The van der Waals surface area contributed by atoms with E-state index in [0.29, 0.717) is 5.92 Å². The van der Waals surface area contributed by atoms with Crippen molar-refractivity contribution in [3.63, 3.8) is 0 Å². The van der Waals surface area contributed by atoms with Crippen LogP contribution in [0.3, 0.4) is 0 Å². The van der Waals surface area contributed by atoms with Crippen LogP contribution >= 0.6 is 0 Å². The van der Waals surface area contributed by atoms with Gasteiger partial charge in [-0.2, -0.15) is 0 Å². The van der Waals surface area contributed by atoms with Gasteiger partial charge in [0.2, 0.25) is 0 Å². The number of rotatable bonds is 6. The first-order valence-electron chi connectivity index (χ1n) is 7.77. The minimum atomic E-state index is 0.264. The molecule has 0 bridgehead atoms. The lowest BCUT2D eigenvalue weighted by Gasteiger charge is -2.29. The molecule has 0 amide bonds. The van der Waals surface area contributed by atoms with Gasteiger partial charge in [-0.15, -0.1) is 0 Å². The molecule has 1 aliphatic carbocycles. The normalized spacial score (nSPS) is 17.7. The van der Waals surface area contributed by atoms with Crippen LogP contribution in [0.4, 0.5) is 0 Å². The van der Waals surface area contributed by atoms with Gasteiger partial charge >= 0.3 is 0 Å². The molecule has 1 aliphatic rings. The highest BCUT2D eigenvalue weighted by Crippen LogP contribution is 2.35. The highest BCUT2D eigenvalue weighted by atomic mass is 16.5. The molecule has 2 unspecified atom stereocenters. The van der Waals surface area contributed by atoms with Gasteiger partial charge in [-0.1, -0.05) is 36.4 Å². The zero-order valence-corrected chi connectivity index (χ0v) is 12.6. The summed E-state index contributed by atoms with van der Waals surface area (Å²) >= 11 is 0. The van der Waals surface area contributed by atoms with Crippen molar-refractivity contribution in [3.05, 3.63) is 65.2 Å². The SMILES string of the molecule is CC(N)CCc1ccc(OCC2Cc3ccccc32)cc1. The van der Waals surface area contributed by atoms with E-state index in [0.717, 1.165) is 31.6 Å². The summed E-state index contributed by atoms with van der Waals surface area (Å²) in [4.78, 5) is 0. The highest BCUT2D eigenvalue weighted by molar-refractivity contribution is 5.40. The molecule has 0 saturated heterocycles. The predicted molar refractivity (Wildman–Crippen MR) is 86.8 cm³/mol. The van der Waals surface area contributed by atoms with Crippen LogP contribution in [0.2, 0.25) is 0 Å². The molecule has 3 rings (SSSR count). The smallest absolute Gasteiger partial charge is 0.119 e. The second-order valence-electron chi connectivity index (χ2n) is 6.07. The molecule has 2 heteroatoms. The maximum atomic E-state index is 5.92. The van der Waals surface area contributed by atoms with Gasteiger partial charge in [0.15, 0.2) is 0 Å². The maximum Gasteiger partial charge on any atom is 0.119 e. The van der Waals surface area contributed by atoms with E-state index in [1.807, 2.05) is 6.92 Å². The summed E-state index contributed by atoms with van der Waals surface area (Å²) in [5, 5.41) is 0. The molecule has 0 saturated carbocycles. The fourth-order valence-corrected chi connectivity index (χ4v) is 2.85. The summed E-state index contributed by atoms with van der Waals surface area (Å²) in [6.45, 7) is 2.82. The van der Waals surface area contributed by atoms with E-state index in [9.17, 15) is 0 Å². The van der Waals surface area contributed by atoms with Crippen molar-refractivity contribution in [1.82, 2.24) is 0 Å². The lowest BCUT2D eigenvalue weighted by molar-refractivity contribution is 0.275. The minimum Gasteiger partial charge on any atom is -0.493 e. The summed E-state index contributed by atoms with van der Waals surface area (Å²) in [5.74, 6) is 1.52. The Morgan fingerprint density at radius 1 is 1.14 bits per heavy atom. The Hall–Kier alpha value is -1.80. The molecule has 2 aromatic carbocycles. The Morgan fingerprint density at radius 3 is 2.62 bits per heavy atom. The molecule has 0 radical (unpaired) electrons. The number of benzene rings is 2. The van der Waals surface area contributed by atoms with Crippen LogP contribution in [0.25, 0.3) is 0 Å². The molecular formula is C19H23NO. The third-order valence-corrected chi connectivity index (χ3v) is 4.22. The highest BCUT2D eigenvalue weighted by Gasteiger charge is 2.25. The van der Waals surface area contributed by atoms with Crippen LogP contribution in [0, 0.1) is 0 Å². The Kier molecular flexibility index (Phi) is 4.26. The van der Waals surface area contributed by atoms with Gasteiger partial charge in [-0.25, -0.2) is 0 Å². The van der Waals surface area contributed by atoms with Gasteiger partial charge in [0.05, 0.1) is 6.61 Å². The van der Waals surface area contributed by atoms with Crippen molar-refractivity contribution in [1.29, 1.82) is 0 Å². The second-order valence-corrected chi connectivity index (χ2v) is 6.07. The molecule has 0 aromatic heterocycles. The van der Waals surface area contributed by atoms with Crippen molar-refractivity contribution < 1.29 is 4.74 Å². The van der Waals surface area contributed by atoms with Crippen LogP contribution < -0.4 is 10.5 Å². The monoisotopic (exact) mass is 281 g/mol. The molecule has 110 valence electrons. The molecule has 0 spiro atoms. The van der Waals surface area contributed by atoms with E-state index >= 15 is 0 Å². The number of ether oxygens (including phenoxy) is 1. The van der Waals surface area contributed by atoms with Crippen molar-refractivity contribution in [2.75, 3.05) is 6.61 Å². The van der Waals surface area contributed by atoms with Gasteiger partial charge in [0.25, 0.3) is 0 Å². The summed E-state index contributed by atoms with van der Waals surface area (Å²) in [6.07, 6.45) is 3.20. The van der Waals surface area contributed by atoms with Crippen LogP contribution in [0.15, 0.2) is 48.5 Å². The van der Waals surface area contributed by atoms with Crippen LogP contribution in [-0.2, 0) is 12.8 Å². The fraction of sp³-hybridized carbons (Fsp3) is 0.368. The fourth-order valence-electron chi connectivity index (χ4n) is 2.85. The zero-order chi connectivity index (χ0) is 14.7.